The van der Waals surface area contributed by atoms with Crippen molar-refractivity contribution in [2.75, 3.05) is 10.6 Å². The van der Waals surface area contributed by atoms with E-state index in [2.05, 4.69) is 38.3 Å². The summed E-state index contributed by atoms with van der Waals surface area (Å²) in [5.41, 5.74) is 7.01. The molecule has 0 aromatic heterocycles. The van der Waals surface area contributed by atoms with E-state index in [0.29, 0.717) is 11.4 Å². The predicted octanol–water partition coefficient (Wildman–Crippen LogP) is 11.3. The number of benzene rings is 1. The highest BCUT2D eigenvalue weighted by Crippen LogP contribution is 2.26. The molecule has 3 amide bonds. The summed E-state index contributed by atoms with van der Waals surface area (Å²) in [4.78, 5) is 39.3. The lowest BCUT2D eigenvalue weighted by molar-refractivity contribution is -0.121. The molecule has 0 heterocycles. The van der Waals surface area contributed by atoms with Crippen LogP contribution in [0.1, 0.15) is 192 Å². The molecule has 0 saturated carbocycles. The molecule has 0 saturated heterocycles. The Morgan fingerprint density at radius 2 is 0.778 bits per heavy atom. The van der Waals surface area contributed by atoms with Gasteiger partial charge in [-0.3, -0.25) is 14.4 Å². The highest BCUT2D eigenvalue weighted by atomic mass is 16.2. The van der Waals surface area contributed by atoms with Crippen LogP contribution in [0.4, 0.5) is 11.4 Å². The fourth-order valence-electron chi connectivity index (χ4n) is 6.19. The van der Waals surface area contributed by atoms with E-state index >= 15 is 0 Å². The molecule has 0 aliphatic rings. The van der Waals surface area contributed by atoms with Crippen LogP contribution in [0.15, 0.2) is 18.2 Å². The Kier molecular flexibility index (Phi) is 24.2. The number of carbonyl (C=O) groups excluding carboxylic acids is 3. The fourth-order valence-corrected chi connectivity index (χ4v) is 6.19. The van der Waals surface area contributed by atoms with E-state index < -0.39 is 5.91 Å². The van der Waals surface area contributed by atoms with Crippen LogP contribution in [0.3, 0.4) is 0 Å². The van der Waals surface area contributed by atoms with Crippen molar-refractivity contribution in [1.29, 1.82) is 0 Å². The molecule has 258 valence electrons. The van der Waals surface area contributed by atoms with Crippen molar-refractivity contribution < 1.29 is 14.4 Å². The highest BCUT2D eigenvalue weighted by Gasteiger charge is 2.21. The zero-order valence-electron chi connectivity index (χ0n) is 29.7. The standard InChI is InChI=1S/C39H69N3O3/c1-5-9-13-17-19-23-27-32(25-21-15-11-7-3)38(44)41-35-29-34(37(40)43)30-36(31-35)42-39(45)33(26-22-16-12-8-4)28-24-20-18-14-10-6-2/h29-33H,5-28H2,1-4H3,(H2,40,43)(H,41,44)(H,42,45). The quantitative estimate of drug-likeness (QED) is 0.0770. The van der Waals surface area contributed by atoms with E-state index in [1.807, 2.05) is 0 Å². The molecule has 1 aromatic carbocycles. The second kappa shape index (κ2) is 26.8. The SMILES string of the molecule is CCCCCCCCC(CCCCCC)C(=O)Nc1cc(NC(=O)C(CCCCCC)CCCCCCCC)cc(C(N)=O)c1. The Labute approximate surface area is 276 Å². The van der Waals surface area contributed by atoms with E-state index in [-0.39, 0.29) is 29.2 Å². The van der Waals surface area contributed by atoms with Crippen LogP contribution in [-0.2, 0) is 9.59 Å². The molecule has 45 heavy (non-hydrogen) atoms. The topological polar surface area (TPSA) is 101 Å². The molecule has 2 atom stereocenters. The molecule has 1 aromatic rings. The molecule has 0 fully saturated rings. The molecule has 0 radical (unpaired) electrons. The lowest BCUT2D eigenvalue weighted by Crippen LogP contribution is -2.25. The molecule has 6 heteroatoms. The second-order valence-electron chi connectivity index (χ2n) is 13.3. The number of rotatable bonds is 29. The van der Waals surface area contributed by atoms with Gasteiger partial charge in [0.15, 0.2) is 0 Å². The number of hydrogen-bond acceptors (Lipinski definition) is 3. The summed E-state index contributed by atoms with van der Waals surface area (Å²) in [6.45, 7) is 8.85. The van der Waals surface area contributed by atoms with Crippen molar-refractivity contribution in [3.63, 3.8) is 0 Å². The lowest BCUT2D eigenvalue weighted by atomic mass is 9.93. The van der Waals surface area contributed by atoms with E-state index in [9.17, 15) is 14.4 Å². The van der Waals surface area contributed by atoms with Crippen molar-refractivity contribution in [1.82, 2.24) is 0 Å². The summed E-state index contributed by atoms with van der Waals surface area (Å²) in [6, 6.07) is 5.04. The van der Waals surface area contributed by atoms with Crippen molar-refractivity contribution in [3.05, 3.63) is 23.8 Å². The van der Waals surface area contributed by atoms with Gasteiger partial charge in [-0.2, -0.15) is 0 Å². The molecular formula is C39H69N3O3. The maximum Gasteiger partial charge on any atom is 0.248 e. The first-order valence-electron chi connectivity index (χ1n) is 18.9. The fraction of sp³-hybridized carbons (Fsp3) is 0.769. The third kappa shape index (κ3) is 19.7. The zero-order valence-corrected chi connectivity index (χ0v) is 29.7. The number of amides is 3. The van der Waals surface area contributed by atoms with Gasteiger partial charge in [0.25, 0.3) is 0 Å². The molecule has 1 rings (SSSR count). The molecular weight excluding hydrogens is 558 g/mol. The molecule has 4 N–H and O–H groups in total. The molecule has 0 bridgehead atoms. The van der Waals surface area contributed by atoms with Crippen LogP contribution >= 0.6 is 0 Å². The Morgan fingerprint density at radius 1 is 0.489 bits per heavy atom. The number of anilines is 2. The van der Waals surface area contributed by atoms with Crippen LogP contribution in [0, 0.1) is 11.8 Å². The number of carbonyl (C=O) groups is 3. The van der Waals surface area contributed by atoms with Crippen LogP contribution in [0.5, 0.6) is 0 Å². The van der Waals surface area contributed by atoms with Gasteiger partial charge in [0, 0.05) is 28.8 Å². The van der Waals surface area contributed by atoms with Crippen LogP contribution in [-0.4, -0.2) is 17.7 Å². The molecule has 2 unspecified atom stereocenters. The number of hydrogen-bond donors (Lipinski definition) is 3. The summed E-state index contributed by atoms with van der Waals surface area (Å²) in [6.07, 6.45) is 27.0. The van der Waals surface area contributed by atoms with Crippen molar-refractivity contribution >= 4 is 29.1 Å². The van der Waals surface area contributed by atoms with Gasteiger partial charge in [-0.15, -0.1) is 0 Å². The highest BCUT2D eigenvalue weighted by molar-refractivity contribution is 6.00. The van der Waals surface area contributed by atoms with Gasteiger partial charge in [0.2, 0.25) is 17.7 Å². The first kappa shape index (κ1) is 40.7. The minimum Gasteiger partial charge on any atom is -0.366 e. The second-order valence-corrected chi connectivity index (χ2v) is 13.3. The summed E-state index contributed by atoms with van der Waals surface area (Å²) >= 11 is 0. The minimum atomic E-state index is -0.576. The number of primary amides is 1. The van der Waals surface area contributed by atoms with Crippen LogP contribution < -0.4 is 16.4 Å². The lowest BCUT2D eigenvalue weighted by Gasteiger charge is -2.19. The van der Waals surface area contributed by atoms with E-state index in [1.165, 1.54) is 77.0 Å². The van der Waals surface area contributed by atoms with E-state index in [4.69, 9.17) is 5.73 Å². The normalized spacial score (nSPS) is 12.5. The average molecular weight is 628 g/mol. The monoisotopic (exact) mass is 628 g/mol. The largest absolute Gasteiger partial charge is 0.366 e. The summed E-state index contributed by atoms with van der Waals surface area (Å²) in [7, 11) is 0. The van der Waals surface area contributed by atoms with Gasteiger partial charge in [-0.25, -0.2) is 0 Å². The van der Waals surface area contributed by atoms with Gasteiger partial charge < -0.3 is 16.4 Å². The van der Waals surface area contributed by atoms with E-state index in [1.54, 1.807) is 18.2 Å². The summed E-state index contributed by atoms with van der Waals surface area (Å²) < 4.78 is 0. The third-order valence-electron chi connectivity index (χ3n) is 9.12. The maximum absolute atomic E-state index is 13.5. The van der Waals surface area contributed by atoms with Crippen LogP contribution in [0.25, 0.3) is 0 Å². The number of unbranched alkanes of at least 4 members (excludes halogenated alkanes) is 16. The smallest absolute Gasteiger partial charge is 0.248 e. The van der Waals surface area contributed by atoms with Gasteiger partial charge in [0.1, 0.15) is 0 Å². The van der Waals surface area contributed by atoms with Crippen molar-refractivity contribution in [3.8, 4) is 0 Å². The molecule has 0 aliphatic heterocycles. The van der Waals surface area contributed by atoms with Gasteiger partial charge >= 0.3 is 0 Å². The predicted molar refractivity (Wildman–Crippen MR) is 193 cm³/mol. The Morgan fingerprint density at radius 3 is 1.09 bits per heavy atom. The van der Waals surface area contributed by atoms with Gasteiger partial charge in [-0.1, -0.05) is 156 Å². The Balaban J connectivity index is 2.97. The van der Waals surface area contributed by atoms with Crippen molar-refractivity contribution in [2.45, 2.75) is 182 Å². The molecule has 0 spiro atoms. The van der Waals surface area contributed by atoms with Gasteiger partial charge in [0.05, 0.1) is 0 Å². The summed E-state index contributed by atoms with van der Waals surface area (Å²) in [5, 5.41) is 6.18. The Bertz CT molecular complexity index is 868. The first-order valence-corrected chi connectivity index (χ1v) is 18.9. The van der Waals surface area contributed by atoms with Crippen molar-refractivity contribution in [2.24, 2.45) is 17.6 Å². The van der Waals surface area contributed by atoms with E-state index in [0.717, 1.165) is 77.0 Å². The summed E-state index contributed by atoms with van der Waals surface area (Å²) in [5.74, 6) is -0.707. The molecule has 6 nitrogen and oxygen atoms in total. The zero-order chi connectivity index (χ0) is 33.1. The van der Waals surface area contributed by atoms with Crippen LogP contribution in [0.2, 0.25) is 0 Å². The number of nitrogens with two attached hydrogens (primary N) is 1. The Hall–Kier alpha value is -2.37. The molecule has 0 aliphatic carbocycles. The first-order chi connectivity index (χ1) is 21.9. The third-order valence-corrected chi connectivity index (χ3v) is 9.12. The van der Waals surface area contributed by atoms with Gasteiger partial charge in [-0.05, 0) is 43.9 Å². The average Bonchev–Trinajstić information content (AvgIpc) is 3.02. The maximum atomic E-state index is 13.5. The minimum absolute atomic E-state index is 0.00386. The number of nitrogens with one attached hydrogen (secondary N) is 2.